The van der Waals surface area contributed by atoms with E-state index in [1.54, 1.807) is 6.92 Å². The monoisotopic (exact) mass is 412 g/mol. The second kappa shape index (κ2) is 5.57. The van der Waals surface area contributed by atoms with Crippen molar-refractivity contribution in [2.75, 3.05) is 6.26 Å². The van der Waals surface area contributed by atoms with Crippen LogP contribution in [0.25, 0.3) is 0 Å². The Morgan fingerprint density at radius 1 is 0.917 bits per heavy atom. The molecule has 6 nitrogen and oxygen atoms in total. The molecular formula is C12H19F3O6S3. The highest BCUT2D eigenvalue weighted by atomic mass is 32.3. The third kappa shape index (κ3) is 2.87. The Kier molecular flexibility index (Phi) is 4.63. The summed E-state index contributed by atoms with van der Waals surface area (Å²) < 4.78 is 107. The maximum atomic E-state index is 12.8. The minimum Gasteiger partial charge on any atom is -0.227 e. The van der Waals surface area contributed by atoms with Crippen molar-refractivity contribution < 1.29 is 38.4 Å². The predicted octanol–water partition coefficient (Wildman–Crippen LogP) is 1.34. The van der Waals surface area contributed by atoms with Crippen molar-refractivity contribution >= 4 is 29.5 Å². The number of hydrogen-bond donors (Lipinski definition) is 0. The Labute approximate surface area is 139 Å². The molecule has 24 heavy (non-hydrogen) atoms. The van der Waals surface area contributed by atoms with Gasteiger partial charge in [-0.05, 0) is 36.5 Å². The molecule has 0 aromatic heterocycles. The van der Waals surface area contributed by atoms with Gasteiger partial charge in [0.25, 0.3) is 13.8 Å². The standard InChI is InChI=1S/C12H19F3O6S3/c1-6-7(2)9-4-8(6)5-10(9)23(18,19)11(22(3,16)17)24(20,21)12(13,14)15/h6-11H,4-5H2,1-3H3. The average molecular weight is 412 g/mol. The molecule has 2 bridgehead atoms. The van der Waals surface area contributed by atoms with E-state index in [0.717, 1.165) is 0 Å². The first-order chi connectivity index (χ1) is 10.5. The Morgan fingerprint density at radius 2 is 1.42 bits per heavy atom. The highest BCUT2D eigenvalue weighted by Gasteiger charge is 2.64. The zero-order valence-corrected chi connectivity index (χ0v) is 15.6. The molecule has 0 N–H and O–H groups in total. The van der Waals surface area contributed by atoms with E-state index in [4.69, 9.17) is 0 Å². The highest BCUT2D eigenvalue weighted by Crippen LogP contribution is 2.55. The number of fused-ring (bicyclic) bond motifs is 2. The minimum atomic E-state index is -6.42. The smallest absolute Gasteiger partial charge is 0.227 e. The van der Waals surface area contributed by atoms with Crippen LogP contribution in [0.5, 0.6) is 0 Å². The largest absolute Gasteiger partial charge is 0.499 e. The fraction of sp³-hybridized carbons (Fsp3) is 1.00. The summed E-state index contributed by atoms with van der Waals surface area (Å²) in [6.45, 7) is 3.66. The molecule has 0 aromatic carbocycles. The lowest BCUT2D eigenvalue weighted by atomic mass is 9.81. The SMILES string of the molecule is CC1C2CC(C1C)C(S(=O)(=O)C(S(C)(=O)=O)S(=O)(=O)C(F)(F)F)C2. The fourth-order valence-electron chi connectivity index (χ4n) is 4.15. The van der Waals surface area contributed by atoms with E-state index in [9.17, 15) is 38.4 Å². The molecule has 2 aliphatic rings. The molecule has 0 spiro atoms. The van der Waals surface area contributed by atoms with E-state index in [1.807, 2.05) is 6.92 Å². The second-order valence-corrected chi connectivity index (χ2v) is 14.2. The summed E-state index contributed by atoms with van der Waals surface area (Å²) in [4.78, 5) is 0. The lowest BCUT2D eigenvalue weighted by molar-refractivity contribution is -0.0434. The summed E-state index contributed by atoms with van der Waals surface area (Å²) in [5, 5.41) is -1.38. The third-order valence-electron chi connectivity index (χ3n) is 5.45. The van der Waals surface area contributed by atoms with Crippen LogP contribution < -0.4 is 0 Å². The zero-order chi connectivity index (χ0) is 18.9. The number of hydrogen-bond acceptors (Lipinski definition) is 6. The van der Waals surface area contributed by atoms with Crippen LogP contribution in [0.2, 0.25) is 0 Å². The highest BCUT2D eigenvalue weighted by molar-refractivity contribution is 8.24. The van der Waals surface area contributed by atoms with Gasteiger partial charge in [0.2, 0.25) is 0 Å². The van der Waals surface area contributed by atoms with Gasteiger partial charge in [0.15, 0.2) is 19.7 Å². The van der Waals surface area contributed by atoms with Crippen LogP contribution in [0.15, 0.2) is 0 Å². The van der Waals surface area contributed by atoms with Crippen molar-refractivity contribution in [3.05, 3.63) is 0 Å². The van der Waals surface area contributed by atoms with Gasteiger partial charge < -0.3 is 0 Å². The summed E-state index contributed by atoms with van der Waals surface area (Å²) in [5.74, 6) is -0.545. The second-order valence-electron chi connectivity index (χ2n) is 6.85. The molecule has 2 fully saturated rings. The number of rotatable bonds is 4. The van der Waals surface area contributed by atoms with E-state index < -0.39 is 50.1 Å². The van der Waals surface area contributed by atoms with Gasteiger partial charge in [-0.1, -0.05) is 13.8 Å². The van der Waals surface area contributed by atoms with E-state index in [0.29, 0.717) is 6.42 Å². The van der Waals surface area contributed by atoms with Gasteiger partial charge in [0, 0.05) is 6.26 Å². The van der Waals surface area contributed by atoms with E-state index >= 15 is 0 Å². The van der Waals surface area contributed by atoms with E-state index in [1.165, 1.54) is 0 Å². The van der Waals surface area contributed by atoms with Gasteiger partial charge in [-0.3, -0.25) is 0 Å². The van der Waals surface area contributed by atoms with Crippen molar-refractivity contribution in [1.29, 1.82) is 0 Å². The maximum absolute atomic E-state index is 12.8. The molecule has 0 heterocycles. The van der Waals surface area contributed by atoms with Crippen LogP contribution >= 0.6 is 0 Å². The average Bonchev–Trinajstić information content (AvgIpc) is 2.87. The quantitative estimate of drug-likeness (QED) is 0.691. The minimum absolute atomic E-state index is 0.00208. The Morgan fingerprint density at radius 3 is 1.75 bits per heavy atom. The van der Waals surface area contributed by atoms with Crippen LogP contribution in [-0.4, -0.2) is 46.2 Å². The topological polar surface area (TPSA) is 102 Å². The third-order valence-corrected chi connectivity index (χ3v) is 14.5. The molecule has 0 saturated heterocycles. The summed E-state index contributed by atoms with van der Waals surface area (Å²) in [5.41, 5.74) is -5.97. The predicted molar refractivity (Wildman–Crippen MR) is 80.9 cm³/mol. The zero-order valence-electron chi connectivity index (χ0n) is 13.2. The lowest BCUT2D eigenvalue weighted by Gasteiger charge is -2.33. The summed E-state index contributed by atoms with van der Waals surface area (Å²) in [7, 11) is -16.5. The van der Waals surface area contributed by atoms with Crippen molar-refractivity contribution in [3.63, 3.8) is 0 Å². The molecular weight excluding hydrogens is 393 g/mol. The summed E-state index contributed by atoms with van der Waals surface area (Å²) in [6, 6.07) is 0. The Bertz CT molecular complexity index is 826. The number of alkyl halides is 3. The molecule has 2 rings (SSSR count). The van der Waals surface area contributed by atoms with Crippen molar-refractivity contribution in [1.82, 2.24) is 0 Å². The van der Waals surface area contributed by atoms with Crippen molar-refractivity contribution in [3.8, 4) is 0 Å². The van der Waals surface area contributed by atoms with E-state index in [2.05, 4.69) is 0 Å². The fourth-order valence-corrected chi connectivity index (χ4v) is 12.7. The molecule has 2 aliphatic carbocycles. The van der Waals surface area contributed by atoms with Gasteiger partial charge in [0.1, 0.15) is 0 Å². The maximum Gasteiger partial charge on any atom is 0.499 e. The van der Waals surface area contributed by atoms with Crippen LogP contribution in [0, 0.1) is 23.7 Å². The molecule has 2 saturated carbocycles. The molecule has 6 unspecified atom stereocenters. The molecule has 142 valence electrons. The Balaban J connectivity index is 2.57. The van der Waals surface area contributed by atoms with Gasteiger partial charge in [-0.25, -0.2) is 25.3 Å². The van der Waals surface area contributed by atoms with Crippen molar-refractivity contribution in [2.45, 2.75) is 41.4 Å². The molecule has 0 radical (unpaired) electrons. The lowest BCUT2D eigenvalue weighted by Crippen LogP contribution is -2.49. The summed E-state index contributed by atoms with van der Waals surface area (Å²) in [6.07, 6.45) is 0.657. The van der Waals surface area contributed by atoms with Gasteiger partial charge in [-0.15, -0.1) is 0 Å². The van der Waals surface area contributed by atoms with E-state index in [-0.39, 0.29) is 30.4 Å². The van der Waals surface area contributed by atoms with Crippen LogP contribution in [0.3, 0.4) is 0 Å². The molecule has 0 aliphatic heterocycles. The Hall–Kier alpha value is -0.360. The van der Waals surface area contributed by atoms with Crippen LogP contribution in [0.1, 0.15) is 26.7 Å². The first-order valence-corrected chi connectivity index (χ1v) is 12.4. The number of halogens is 3. The normalized spacial score (nSPS) is 36.0. The molecule has 6 atom stereocenters. The summed E-state index contributed by atoms with van der Waals surface area (Å²) >= 11 is 0. The number of sulfone groups is 3. The first-order valence-electron chi connectivity index (χ1n) is 7.24. The van der Waals surface area contributed by atoms with Gasteiger partial charge in [0.05, 0.1) is 5.25 Å². The van der Waals surface area contributed by atoms with Crippen molar-refractivity contribution in [2.24, 2.45) is 23.7 Å². The molecule has 0 amide bonds. The molecule has 0 aromatic rings. The van der Waals surface area contributed by atoms with Crippen LogP contribution in [-0.2, 0) is 29.5 Å². The van der Waals surface area contributed by atoms with Gasteiger partial charge in [-0.2, -0.15) is 13.2 Å². The van der Waals surface area contributed by atoms with Crippen LogP contribution in [0.4, 0.5) is 13.2 Å². The first kappa shape index (κ1) is 20.0. The molecule has 12 heteroatoms. The van der Waals surface area contributed by atoms with Gasteiger partial charge >= 0.3 is 5.51 Å².